The number of nitrogens with zero attached hydrogens (tertiary/aromatic N) is 2. The average Bonchev–Trinajstić information content (AvgIpc) is 3.13. The summed E-state index contributed by atoms with van der Waals surface area (Å²) in [6.45, 7) is -0.491. The van der Waals surface area contributed by atoms with E-state index in [4.69, 9.17) is 8.92 Å². The summed E-state index contributed by atoms with van der Waals surface area (Å²) in [7, 11) is -3.85. The molecule has 1 aromatic carbocycles. The number of ether oxygens (including phenoxy) is 1. The minimum absolute atomic E-state index is 0.130. The summed E-state index contributed by atoms with van der Waals surface area (Å²) in [5.74, 6) is -0.784. The second-order valence-corrected chi connectivity index (χ2v) is 8.77. The van der Waals surface area contributed by atoms with Crippen molar-refractivity contribution in [1.82, 2.24) is 20.5 Å². The highest BCUT2D eigenvalue weighted by Crippen LogP contribution is 2.23. The number of carbonyl (C=O) groups excluding carboxylic acids is 3. The first-order chi connectivity index (χ1) is 15.0. The van der Waals surface area contributed by atoms with E-state index >= 15 is 0 Å². The van der Waals surface area contributed by atoms with Crippen LogP contribution in [-0.2, 0) is 30.4 Å². The molecule has 176 valence electrons. The molecule has 2 atom stereocenters. The number of benzene rings is 1. The molecule has 1 saturated heterocycles. The van der Waals surface area contributed by atoms with Crippen LogP contribution in [-0.4, -0.2) is 67.5 Å². The third-order valence-corrected chi connectivity index (χ3v) is 5.13. The largest absolute Gasteiger partial charge is 0.445 e. The predicted molar refractivity (Wildman–Crippen MR) is 111 cm³/mol. The Hall–Kier alpha value is -3.11. The molecule has 1 aliphatic rings. The van der Waals surface area contributed by atoms with Crippen molar-refractivity contribution in [3.8, 4) is 0 Å². The molecule has 0 saturated carbocycles. The number of rotatable bonds is 7. The van der Waals surface area contributed by atoms with E-state index in [1.807, 2.05) is 0 Å². The number of hydrogen-bond donors (Lipinski definition) is 3. The van der Waals surface area contributed by atoms with Crippen LogP contribution in [0.15, 0.2) is 24.3 Å². The third kappa shape index (κ3) is 7.54. The Bertz CT molecular complexity index is 971. The van der Waals surface area contributed by atoms with Gasteiger partial charge in [0.05, 0.1) is 23.8 Å². The van der Waals surface area contributed by atoms with Crippen molar-refractivity contribution < 1.29 is 36.6 Å². The number of nitro groups is 1. The molecule has 0 unspecified atom stereocenters. The van der Waals surface area contributed by atoms with Crippen molar-refractivity contribution >= 4 is 45.8 Å². The van der Waals surface area contributed by atoms with Crippen molar-refractivity contribution in [3.05, 3.63) is 39.9 Å². The van der Waals surface area contributed by atoms with Gasteiger partial charge in [0, 0.05) is 24.8 Å². The lowest BCUT2D eigenvalue weighted by Gasteiger charge is -2.23. The molecule has 0 spiro atoms. The van der Waals surface area contributed by atoms with Crippen molar-refractivity contribution in [2.24, 2.45) is 0 Å². The van der Waals surface area contributed by atoms with Gasteiger partial charge in [0.2, 0.25) is 0 Å². The Morgan fingerprint density at radius 2 is 1.91 bits per heavy atom. The Balaban J connectivity index is 2.05. The average molecular weight is 492 g/mol. The maximum atomic E-state index is 12.6. The summed E-state index contributed by atoms with van der Waals surface area (Å²) in [5, 5.41) is 10.7. The van der Waals surface area contributed by atoms with Crippen molar-refractivity contribution in [3.63, 3.8) is 0 Å². The zero-order valence-corrected chi connectivity index (χ0v) is 18.6. The molecule has 1 fully saturated rings. The van der Waals surface area contributed by atoms with Crippen LogP contribution >= 0.6 is 11.9 Å². The summed E-state index contributed by atoms with van der Waals surface area (Å²) in [6.07, 6.45) is 0.349. The molecule has 14 nitrogen and oxygen atoms in total. The van der Waals surface area contributed by atoms with E-state index in [-0.39, 0.29) is 25.3 Å². The molecule has 1 aromatic rings. The van der Waals surface area contributed by atoms with Crippen molar-refractivity contribution in [1.29, 1.82) is 0 Å². The van der Waals surface area contributed by atoms with E-state index in [2.05, 4.69) is 15.6 Å². The van der Waals surface area contributed by atoms with E-state index < -0.39 is 45.2 Å². The smallest absolute Gasteiger partial charge is 0.410 e. The minimum atomic E-state index is -3.85. The molecule has 0 bridgehead atoms. The van der Waals surface area contributed by atoms with Crippen LogP contribution < -0.4 is 15.6 Å². The second-order valence-electron chi connectivity index (χ2n) is 6.55. The first-order valence-corrected chi connectivity index (χ1v) is 12.0. The van der Waals surface area contributed by atoms with Gasteiger partial charge in [-0.15, -0.1) is 0 Å². The van der Waals surface area contributed by atoms with Crippen LogP contribution in [0.2, 0.25) is 0 Å². The molecule has 0 radical (unpaired) electrons. The van der Waals surface area contributed by atoms with E-state index in [0.29, 0.717) is 5.56 Å². The van der Waals surface area contributed by atoms with Gasteiger partial charge in [0.25, 0.3) is 21.7 Å². The first kappa shape index (κ1) is 25.2. The molecule has 1 heterocycles. The highest BCUT2D eigenvalue weighted by Gasteiger charge is 2.42. The highest BCUT2D eigenvalue weighted by atomic mass is 32.2. The lowest BCUT2D eigenvalue weighted by Crippen LogP contribution is -2.53. The standard InChI is InChI=1S/C16H21N5O9S2/c1-31-19-15(23)18-17-14(22)13-7-12(30-32(2,27)28)8-20(13)16(24)29-9-10-3-5-11(6-4-10)21(25)26/h3-6,12-13H,7-9H2,1-2H3,(H,17,22)(H2,18,19,23)/t12-,13+/m1/s1. The lowest BCUT2D eigenvalue weighted by molar-refractivity contribution is -0.384. The summed E-state index contributed by atoms with van der Waals surface area (Å²) >= 11 is 0.991. The van der Waals surface area contributed by atoms with Gasteiger partial charge in [-0.2, -0.15) is 8.42 Å². The monoisotopic (exact) mass is 491 g/mol. The molecule has 32 heavy (non-hydrogen) atoms. The number of carbonyl (C=O) groups is 3. The second kappa shape index (κ2) is 11.0. The van der Waals surface area contributed by atoms with Crippen molar-refractivity contribution in [2.75, 3.05) is 19.1 Å². The number of nitrogens with one attached hydrogen (secondary N) is 3. The third-order valence-electron chi connectivity index (χ3n) is 4.11. The molecule has 0 aromatic heterocycles. The van der Waals surface area contributed by atoms with Gasteiger partial charge in [-0.1, -0.05) is 11.9 Å². The molecule has 4 amide bonds. The first-order valence-electron chi connectivity index (χ1n) is 8.94. The van der Waals surface area contributed by atoms with Crippen LogP contribution in [0.4, 0.5) is 15.3 Å². The maximum absolute atomic E-state index is 12.6. The highest BCUT2D eigenvalue weighted by molar-refractivity contribution is 7.97. The fraction of sp³-hybridized carbons (Fsp3) is 0.438. The van der Waals surface area contributed by atoms with Crippen LogP contribution in [0.3, 0.4) is 0 Å². The van der Waals surface area contributed by atoms with Gasteiger partial charge in [0.15, 0.2) is 0 Å². The SMILES string of the molecule is CSNC(=O)NNC(=O)[C@@H]1C[C@@H](OS(C)(=O)=O)CN1C(=O)OCc1ccc([N+](=O)[O-])cc1. The summed E-state index contributed by atoms with van der Waals surface area (Å²) in [6, 6.07) is 3.42. The molecule has 1 aliphatic heterocycles. The van der Waals surface area contributed by atoms with E-state index in [0.717, 1.165) is 23.1 Å². The molecular formula is C16H21N5O9S2. The summed E-state index contributed by atoms with van der Waals surface area (Å²) in [4.78, 5) is 47.6. The molecule has 2 rings (SSSR count). The lowest BCUT2D eigenvalue weighted by atomic mass is 10.2. The number of urea groups is 1. The van der Waals surface area contributed by atoms with Crippen LogP contribution in [0.25, 0.3) is 0 Å². The topological polar surface area (TPSA) is 186 Å². The Morgan fingerprint density at radius 1 is 1.25 bits per heavy atom. The number of nitro benzene ring substituents is 1. The van der Waals surface area contributed by atoms with Gasteiger partial charge >= 0.3 is 12.1 Å². The van der Waals surface area contributed by atoms with Crippen LogP contribution in [0, 0.1) is 10.1 Å². The zero-order chi connectivity index (χ0) is 23.9. The Kier molecular flexibility index (Phi) is 8.62. The number of hydrazine groups is 1. The van der Waals surface area contributed by atoms with Gasteiger partial charge in [-0.25, -0.2) is 15.0 Å². The van der Waals surface area contributed by atoms with Crippen LogP contribution in [0.5, 0.6) is 0 Å². The molecular weight excluding hydrogens is 470 g/mol. The van der Waals surface area contributed by atoms with E-state index in [1.54, 1.807) is 6.26 Å². The number of amides is 4. The molecule has 16 heteroatoms. The number of hydrogen-bond acceptors (Lipinski definition) is 10. The van der Waals surface area contributed by atoms with Gasteiger partial charge in [-0.05, 0) is 17.7 Å². The Morgan fingerprint density at radius 3 is 2.47 bits per heavy atom. The number of non-ortho nitro benzene ring substituents is 1. The van der Waals surface area contributed by atoms with E-state index in [9.17, 15) is 32.9 Å². The molecule has 0 aliphatic carbocycles. The Labute approximate surface area is 187 Å². The van der Waals surface area contributed by atoms with Crippen molar-refractivity contribution in [2.45, 2.75) is 25.2 Å². The fourth-order valence-electron chi connectivity index (χ4n) is 2.83. The number of likely N-dealkylation sites (tertiary alicyclic amines) is 1. The van der Waals surface area contributed by atoms with Crippen LogP contribution in [0.1, 0.15) is 12.0 Å². The minimum Gasteiger partial charge on any atom is -0.445 e. The fourth-order valence-corrected chi connectivity index (χ4v) is 3.70. The van der Waals surface area contributed by atoms with Gasteiger partial charge in [-0.3, -0.25) is 34.1 Å². The molecule has 3 N–H and O–H groups in total. The summed E-state index contributed by atoms with van der Waals surface area (Å²) < 4.78 is 35.3. The van der Waals surface area contributed by atoms with E-state index in [1.165, 1.54) is 24.3 Å². The maximum Gasteiger partial charge on any atom is 0.410 e. The van der Waals surface area contributed by atoms with Gasteiger partial charge in [0.1, 0.15) is 12.6 Å². The quantitative estimate of drug-likeness (QED) is 0.207. The van der Waals surface area contributed by atoms with Gasteiger partial charge < -0.3 is 4.74 Å². The summed E-state index contributed by atoms with van der Waals surface area (Å²) in [5.41, 5.74) is 4.56. The zero-order valence-electron chi connectivity index (χ0n) is 17.0. The predicted octanol–water partition coefficient (Wildman–Crippen LogP) is 0.259. The normalized spacial score (nSPS) is 18.0.